The van der Waals surface area contributed by atoms with Gasteiger partial charge in [0, 0.05) is 12.0 Å². The molecule has 0 amide bonds. The van der Waals surface area contributed by atoms with E-state index in [0.29, 0.717) is 6.42 Å². The number of hydrogen-bond donors (Lipinski definition) is 2. The predicted octanol–water partition coefficient (Wildman–Crippen LogP) is 0.454. The molecule has 0 bridgehead atoms. The second kappa shape index (κ2) is 3.15. The normalized spacial score (nSPS) is 35.9. The Kier molecular flexibility index (Phi) is 2.54. The molecule has 0 aromatic rings. The molecule has 0 saturated heterocycles. The lowest BCUT2D eigenvalue weighted by atomic mass is 9.87. The van der Waals surface area contributed by atoms with E-state index in [-0.39, 0.29) is 17.7 Å². The van der Waals surface area contributed by atoms with E-state index >= 15 is 0 Å². The summed E-state index contributed by atoms with van der Waals surface area (Å²) in [6.45, 7) is 3.59. The lowest BCUT2D eigenvalue weighted by molar-refractivity contribution is -0.141. The quantitative estimate of drug-likeness (QED) is 0.634. The number of aliphatic hydroxyl groups is 1. The Morgan fingerprint density at radius 3 is 2.58 bits per heavy atom. The van der Waals surface area contributed by atoms with E-state index in [1.54, 1.807) is 13.8 Å². The summed E-state index contributed by atoms with van der Waals surface area (Å²) < 4.78 is 0. The highest BCUT2D eigenvalue weighted by atomic mass is 16.3. The van der Waals surface area contributed by atoms with Gasteiger partial charge in [0.05, 0.1) is 0 Å². The molecule has 1 saturated carbocycles. The highest BCUT2D eigenvalue weighted by Crippen LogP contribution is 2.31. The highest BCUT2D eigenvalue weighted by molar-refractivity contribution is 5.89. The van der Waals surface area contributed by atoms with Gasteiger partial charge in [-0.1, -0.05) is 13.8 Å². The fourth-order valence-electron chi connectivity index (χ4n) is 1.82. The maximum absolute atomic E-state index is 11.5. The van der Waals surface area contributed by atoms with Crippen LogP contribution < -0.4 is 5.73 Å². The van der Waals surface area contributed by atoms with Crippen LogP contribution in [0.1, 0.15) is 33.1 Å². The minimum Gasteiger partial charge on any atom is -0.380 e. The first-order chi connectivity index (χ1) is 5.48. The summed E-state index contributed by atoms with van der Waals surface area (Å²) in [6, 6.07) is -0.354. The van der Waals surface area contributed by atoms with Crippen LogP contribution in [0.4, 0.5) is 0 Å². The Labute approximate surface area is 72.9 Å². The molecule has 1 fully saturated rings. The molecule has 1 aliphatic rings. The van der Waals surface area contributed by atoms with Crippen molar-refractivity contribution in [1.82, 2.24) is 0 Å². The lowest BCUT2D eigenvalue weighted by Crippen LogP contribution is -2.51. The van der Waals surface area contributed by atoms with Crippen molar-refractivity contribution < 1.29 is 9.90 Å². The molecule has 0 heterocycles. The Bertz CT molecular complexity index is 191. The molecule has 3 N–H and O–H groups in total. The van der Waals surface area contributed by atoms with Crippen molar-refractivity contribution in [3.8, 4) is 0 Å². The highest BCUT2D eigenvalue weighted by Gasteiger charge is 2.45. The van der Waals surface area contributed by atoms with E-state index in [2.05, 4.69) is 0 Å². The van der Waals surface area contributed by atoms with Gasteiger partial charge in [-0.3, -0.25) is 4.79 Å². The topological polar surface area (TPSA) is 63.3 Å². The van der Waals surface area contributed by atoms with Crippen LogP contribution in [0.15, 0.2) is 0 Å². The molecule has 70 valence electrons. The molecule has 1 aliphatic carbocycles. The minimum atomic E-state index is -1.23. The van der Waals surface area contributed by atoms with Crippen molar-refractivity contribution in [1.29, 1.82) is 0 Å². The van der Waals surface area contributed by atoms with Crippen LogP contribution in [0.5, 0.6) is 0 Å². The van der Waals surface area contributed by atoms with Crippen molar-refractivity contribution >= 4 is 5.78 Å². The molecular formula is C9H17NO2. The molecule has 0 aromatic carbocycles. The van der Waals surface area contributed by atoms with Gasteiger partial charge in [0.25, 0.3) is 0 Å². The molecule has 0 aliphatic heterocycles. The van der Waals surface area contributed by atoms with Crippen molar-refractivity contribution in [2.45, 2.75) is 44.8 Å². The van der Waals surface area contributed by atoms with Crippen LogP contribution in [0.3, 0.4) is 0 Å². The zero-order valence-corrected chi connectivity index (χ0v) is 7.71. The molecule has 1 rings (SSSR count). The van der Waals surface area contributed by atoms with Gasteiger partial charge >= 0.3 is 0 Å². The van der Waals surface area contributed by atoms with Gasteiger partial charge in [0.15, 0.2) is 5.78 Å². The van der Waals surface area contributed by atoms with Gasteiger partial charge in [0.1, 0.15) is 5.60 Å². The van der Waals surface area contributed by atoms with E-state index < -0.39 is 5.60 Å². The fraction of sp³-hybridized carbons (Fsp3) is 0.889. The van der Waals surface area contributed by atoms with E-state index in [1.807, 2.05) is 0 Å². The summed E-state index contributed by atoms with van der Waals surface area (Å²) >= 11 is 0. The maximum atomic E-state index is 11.5. The minimum absolute atomic E-state index is 0.104. The average molecular weight is 171 g/mol. The number of ketones is 1. The SMILES string of the molecule is CC(C)C(=O)C1(O)CCCC1N. The molecule has 2 atom stereocenters. The third-order valence-corrected chi connectivity index (χ3v) is 2.64. The smallest absolute Gasteiger partial charge is 0.168 e. The van der Waals surface area contributed by atoms with E-state index in [0.717, 1.165) is 12.8 Å². The van der Waals surface area contributed by atoms with Crippen LogP contribution in [-0.4, -0.2) is 22.5 Å². The number of rotatable bonds is 2. The van der Waals surface area contributed by atoms with E-state index in [1.165, 1.54) is 0 Å². The number of Topliss-reactive ketones (excluding diaryl/α,β-unsaturated/α-hetero) is 1. The summed E-state index contributed by atoms with van der Waals surface area (Å²) in [5, 5.41) is 9.92. The number of nitrogens with two attached hydrogens (primary N) is 1. The number of hydrogen-bond acceptors (Lipinski definition) is 3. The van der Waals surface area contributed by atoms with Crippen molar-refractivity contribution in [2.24, 2.45) is 11.7 Å². The van der Waals surface area contributed by atoms with E-state index in [4.69, 9.17) is 5.73 Å². The molecular weight excluding hydrogens is 154 g/mol. The third kappa shape index (κ3) is 1.39. The molecule has 3 heteroatoms. The average Bonchev–Trinajstić information content (AvgIpc) is 2.32. The summed E-state index contributed by atoms with van der Waals surface area (Å²) in [7, 11) is 0. The Morgan fingerprint density at radius 1 is 1.67 bits per heavy atom. The van der Waals surface area contributed by atoms with Gasteiger partial charge in [-0.25, -0.2) is 0 Å². The maximum Gasteiger partial charge on any atom is 0.168 e. The van der Waals surface area contributed by atoms with Crippen LogP contribution in [0, 0.1) is 5.92 Å². The van der Waals surface area contributed by atoms with Gasteiger partial charge in [-0.05, 0) is 19.3 Å². The molecule has 0 spiro atoms. The summed E-state index contributed by atoms with van der Waals surface area (Å²) in [6.07, 6.45) is 2.15. The Hall–Kier alpha value is -0.410. The van der Waals surface area contributed by atoms with Crippen LogP contribution in [0.2, 0.25) is 0 Å². The zero-order chi connectivity index (χ0) is 9.35. The first kappa shape index (κ1) is 9.68. The second-order valence-corrected chi connectivity index (χ2v) is 3.94. The molecule has 0 radical (unpaired) electrons. The molecule has 2 unspecified atom stereocenters. The van der Waals surface area contributed by atoms with Gasteiger partial charge in [-0.15, -0.1) is 0 Å². The third-order valence-electron chi connectivity index (χ3n) is 2.64. The van der Waals surface area contributed by atoms with Crippen LogP contribution in [0.25, 0.3) is 0 Å². The fourth-order valence-corrected chi connectivity index (χ4v) is 1.82. The predicted molar refractivity (Wildman–Crippen MR) is 46.6 cm³/mol. The molecule has 12 heavy (non-hydrogen) atoms. The van der Waals surface area contributed by atoms with Gasteiger partial charge < -0.3 is 10.8 Å². The first-order valence-corrected chi connectivity index (χ1v) is 4.50. The Balaban J connectivity index is 2.77. The number of carbonyl (C=O) groups is 1. The van der Waals surface area contributed by atoms with E-state index in [9.17, 15) is 9.90 Å². The van der Waals surface area contributed by atoms with Crippen molar-refractivity contribution in [3.63, 3.8) is 0 Å². The van der Waals surface area contributed by atoms with Crippen molar-refractivity contribution in [3.05, 3.63) is 0 Å². The van der Waals surface area contributed by atoms with Gasteiger partial charge in [0.2, 0.25) is 0 Å². The molecule has 3 nitrogen and oxygen atoms in total. The number of carbonyl (C=O) groups excluding carboxylic acids is 1. The largest absolute Gasteiger partial charge is 0.380 e. The lowest BCUT2D eigenvalue weighted by Gasteiger charge is -2.27. The monoisotopic (exact) mass is 171 g/mol. The summed E-state index contributed by atoms with van der Waals surface area (Å²) in [5.41, 5.74) is 4.45. The standard InChI is InChI=1S/C9H17NO2/c1-6(2)8(11)9(12)5-3-4-7(9)10/h6-7,12H,3-5,10H2,1-2H3. The van der Waals surface area contributed by atoms with Crippen molar-refractivity contribution in [2.75, 3.05) is 0 Å². The zero-order valence-electron chi connectivity index (χ0n) is 7.71. The first-order valence-electron chi connectivity index (χ1n) is 4.50. The Morgan fingerprint density at radius 2 is 2.25 bits per heavy atom. The summed E-state index contributed by atoms with van der Waals surface area (Å²) in [5.74, 6) is -0.230. The summed E-state index contributed by atoms with van der Waals surface area (Å²) in [4.78, 5) is 11.5. The second-order valence-electron chi connectivity index (χ2n) is 3.94. The van der Waals surface area contributed by atoms with Crippen LogP contribution >= 0.6 is 0 Å². The molecule has 0 aromatic heterocycles. The van der Waals surface area contributed by atoms with Crippen LogP contribution in [-0.2, 0) is 4.79 Å². The van der Waals surface area contributed by atoms with Gasteiger partial charge in [-0.2, -0.15) is 0 Å².